The Morgan fingerprint density at radius 3 is 0.800 bits per heavy atom. The number of unbranched alkanes of at least 4 members (excludes halogenated alkanes) is 30. The molecule has 0 unspecified atom stereocenters. The fourth-order valence-electron chi connectivity index (χ4n) is 7.44. The maximum atomic E-state index is 12.8. The van der Waals surface area contributed by atoms with Crippen molar-refractivity contribution in [2.75, 3.05) is 26.4 Å². The minimum Gasteiger partial charge on any atom is -0.465 e. The van der Waals surface area contributed by atoms with Crippen molar-refractivity contribution in [3.05, 3.63) is 24.3 Å². The Bertz CT molecular complexity index is 949. The Morgan fingerprint density at radius 2 is 0.567 bits per heavy atom. The number of carbonyl (C=O) groups excluding carboxylic acids is 3. The summed E-state index contributed by atoms with van der Waals surface area (Å²) in [5.41, 5.74) is -1.19. The van der Waals surface area contributed by atoms with Crippen LogP contribution in [0.2, 0.25) is 0 Å². The maximum absolute atomic E-state index is 12.8. The third kappa shape index (κ3) is 41.2. The Labute approximate surface area is 371 Å². The Morgan fingerprint density at radius 1 is 0.350 bits per heavy atom. The molecule has 0 amide bonds. The number of allylic oxidation sites excluding steroid dienone is 4. The van der Waals surface area contributed by atoms with Crippen LogP contribution in [0.25, 0.3) is 0 Å². The molecule has 352 valence electrons. The van der Waals surface area contributed by atoms with Crippen LogP contribution in [0.3, 0.4) is 0 Å². The Balaban J connectivity index is 4.58. The topological polar surface area (TPSA) is 99.1 Å². The van der Waals surface area contributed by atoms with E-state index in [1.807, 2.05) is 0 Å². The number of hydrogen-bond donors (Lipinski definition) is 1. The van der Waals surface area contributed by atoms with E-state index >= 15 is 0 Å². The van der Waals surface area contributed by atoms with Gasteiger partial charge in [0, 0.05) is 19.3 Å². The first kappa shape index (κ1) is 57.9. The molecule has 0 heterocycles. The minimum atomic E-state index is -1.19. The van der Waals surface area contributed by atoms with Gasteiger partial charge in [0.1, 0.15) is 19.8 Å². The predicted octanol–water partition coefficient (Wildman–Crippen LogP) is 15.6. The molecule has 1 N–H and O–H groups in total. The zero-order valence-electron chi connectivity index (χ0n) is 39.9. The molecule has 0 aliphatic heterocycles. The molecule has 7 nitrogen and oxygen atoms in total. The van der Waals surface area contributed by atoms with Crippen molar-refractivity contribution in [2.24, 2.45) is 5.41 Å². The zero-order chi connectivity index (χ0) is 43.9. The van der Waals surface area contributed by atoms with E-state index in [0.29, 0.717) is 19.3 Å². The second-order valence-electron chi connectivity index (χ2n) is 17.9. The van der Waals surface area contributed by atoms with Crippen molar-refractivity contribution in [2.45, 2.75) is 265 Å². The van der Waals surface area contributed by atoms with Gasteiger partial charge < -0.3 is 19.3 Å². The van der Waals surface area contributed by atoms with Crippen LogP contribution in [-0.4, -0.2) is 49.4 Å². The number of esters is 3. The highest BCUT2D eigenvalue weighted by atomic mass is 16.6. The molecule has 0 saturated carbocycles. The molecular weight excluding hydrogens is 749 g/mol. The molecule has 0 aliphatic rings. The first-order chi connectivity index (χ1) is 29.4. The van der Waals surface area contributed by atoms with Crippen molar-refractivity contribution in [3.8, 4) is 0 Å². The molecule has 0 bridgehead atoms. The van der Waals surface area contributed by atoms with Gasteiger partial charge in [0.15, 0.2) is 0 Å². The van der Waals surface area contributed by atoms with Crippen LogP contribution in [0.5, 0.6) is 0 Å². The molecule has 7 heteroatoms. The number of hydrogen-bond acceptors (Lipinski definition) is 7. The lowest BCUT2D eigenvalue weighted by molar-refractivity contribution is -0.165. The van der Waals surface area contributed by atoms with E-state index in [1.54, 1.807) is 0 Å². The molecule has 0 radical (unpaired) electrons. The van der Waals surface area contributed by atoms with Gasteiger partial charge in [0.05, 0.1) is 12.0 Å². The van der Waals surface area contributed by atoms with Gasteiger partial charge in [0.25, 0.3) is 0 Å². The third-order valence-electron chi connectivity index (χ3n) is 11.7. The van der Waals surface area contributed by atoms with Gasteiger partial charge in [-0.2, -0.15) is 0 Å². The van der Waals surface area contributed by atoms with E-state index < -0.39 is 12.0 Å². The highest BCUT2D eigenvalue weighted by molar-refractivity contribution is 5.70. The standard InChI is InChI=1S/C53H98O7/c1-4-7-10-13-16-19-21-23-25-27-29-32-35-38-41-44-51(56)59-48-53(46-54,47-58-50(55)43-40-37-34-31-18-15-12-9-6-3)49-60-52(57)45-42-39-36-33-30-28-26-24-22-20-17-14-11-8-5-2/h23-26,54H,4-22,27-49H2,1-3H3/b25-23-,26-24-. The summed E-state index contributed by atoms with van der Waals surface area (Å²) in [6, 6.07) is 0. The van der Waals surface area contributed by atoms with Gasteiger partial charge in [-0.05, 0) is 70.6 Å². The van der Waals surface area contributed by atoms with E-state index in [4.69, 9.17) is 14.2 Å². The van der Waals surface area contributed by atoms with Gasteiger partial charge >= 0.3 is 17.9 Å². The fraction of sp³-hybridized carbons (Fsp3) is 0.868. The van der Waals surface area contributed by atoms with Gasteiger partial charge in [-0.1, -0.05) is 199 Å². The minimum absolute atomic E-state index is 0.166. The molecule has 0 aromatic rings. The zero-order valence-corrected chi connectivity index (χ0v) is 39.9. The number of aliphatic hydroxyl groups is 1. The normalized spacial score (nSPS) is 11.9. The lowest BCUT2D eigenvalue weighted by Crippen LogP contribution is -2.42. The lowest BCUT2D eigenvalue weighted by Gasteiger charge is -2.30. The second kappa shape index (κ2) is 46.4. The molecule has 60 heavy (non-hydrogen) atoms. The van der Waals surface area contributed by atoms with Gasteiger partial charge in [0.2, 0.25) is 0 Å². The number of aliphatic hydroxyl groups excluding tert-OH is 1. The van der Waals surface area contributed by atoms with Crippen LogP contribution in [0.15, 0.2) is 24.3 Å². The monoisotopic (exact) mass is 847 g/mol. The lowest BCUT2D eigenvalue weighted by atomic mass is 9.92. The van der Waals surface area contributed by atoms with E-state index in [-0.39, 0.29) is 37.7 Å². The van der Waals surface area contributed by atoms with Crippen LogP contribution in [0.4, 0.5) is 0 Å². The van der Waals surface area contributed by atoms with E-state index in [1.165, 1.54) is 141 Å². The first-order valence-electron chi connectivity index (χ1n) is 25.8. The first-order valence-corrected chi connectivity index (χ1v) is 25.8. The molecular formula is C53H98O7. The third-order valence-corrected chi connectivity index (χ3v) is 11.7. The summed E-state index contributed by atoms with van der Waals surface area (Å²) >= 11 is 0. The molecule has 0 saturated heterocycles. The molecule has 0 fully saturated rings. The predicted molar refractivity (Wildman–Crippen MR) is 253 cm³/mol. The Kier molecular flexibility index (Phi) is 44.7. The largest absolute Gasteiger partial charge is 0.465 e. The SMILES string of the molecule is CCCCCCCC/C=C\CCCCCCCC(=O)OCC(CO)(COC(=O)CCCCCCC/C=C\CCCCCCCC)COC(=O)CCCCCCCCCCC. The summed E-state index contributed by atoms with van der Waals surface area (Å²) < 4.78 is 16.9. The second-order valence-corrected chi connectivity index (χ2v) is 17.9. The summed E-state index contributed by atoms with van der Waals surface area (Å²) in [7, 11) is 0. The molecule has 0 aromatic heterocycles. The van der Waals surface area contributed by atoms with E-state index in [9.17, 15) is 19.5 Å². The van der Waals surface area contributed by atoms with Gasteiger partial charge in [-0.3, -0.25) is 14.4 Å². The highest BCUT2D eigenvalue weighted by Gasteiger charge is 2.35. The average molecular weight is 847 g/mol. The smallest absolute Gasteiger partial charge is 0.305 e. The molecule has 0 rings (SSSR count). The van der Waals surface area contributed by atoms with E-state index in [0.717, 1.165) is 83.5 Å². The molecule has 0 aromatic carbocycles. The highest BCUT2D eigenvalue weighted by Crippen LogP contribution is 2.22. The maximum Gasteiger partial charge on any atom is 0.305 e. The van der Waals surface area contributed by atoms with Crippen LogP contribution in [0, 0.1) is 5.41 Å². The summed E-state index contributed by atoms with van der Waals surface area (Å²) in [6.07, 6.45) is 51.5. The summed E-state index contributed by atoms with van der Waals surface area (Å²) in [6.45, 7) is 5.81. The van der Waals surface area contributed by atoms with Crippen molar-refractivity contribution in [1.82, 2.24) is 0 Å². The fourth-order valence-corrected chi connectivity index (χ4v) is 7.44. The number of rotatable bonds is 47. The summed E-state index contributed by atoms with van der Waals surface area (Å²) in [4.78, 5) is 38.2. The molecule has 0 spiro atoms. The van der Waals surface area contributed by atoms with Gasteiger partial charge in [-0.15, -0.1) is 0 Å². The average Bonchev–Trinajstić information content (AvgIpc) is 3.25. The molecule has 0 atom stereocenters. The number of ether oxygens (including phenoxy) is 3. The summed E-state index contributed by atoms with van der Waals surface area (Å²) in [5, 5.41) is 10.5. The quantitative estimate of drug-likeness (QED) is 0.0282. The van der Waals surface area contributed by atoms with Crippen LogP contribution in [0.1, 0.15) is 265 Å². The van der Waals surface area contributed by atoms with Crippen molar-refractivity contribution < 1.29 is 33.7 Å². The van der Waals surface area contributed by atoms with Crippen LogP contribution < -0.4 is 0 Å². The summed E-state index contributed by atoms with van der Waals surface area (Å²) in [5.74, 6) is -1.02. The van der Waals surface area contributed by atoms with Gasteiger partial charge in [-0.25, -0.2) is 0 Å². The Hall–Kier alpha value is -2.15. The molecule has 0 aliphatic carbocycles. The van der Waals surface area contributed by atoms with E-state index in [2.05, 4.69) is 45.1 Å². The van der Waals surface area contributed by atoms with Crippen LogP contribution >= 0.6 is 0 Å². The van der Waals surface area contributed by atoms with Crippen molar-refractivity contribution in [1.29, 1.82) is 0 Å². The van der Waals surface area contributed by atoms with Crippen molar-refractivity contribution >= 4 is 17.9 Å². The van der Waals surface area contributed by atoms with Crippen LogP contribution in [-0.2, 0) is 28.6 Å². The number of carbonyl (C=O) groups is 3. The van der Waals surface area contributed by atoms with Crippen molar-refractivity contribution in [3.63, 3.8) is 0 Å².